The Labute approximate surface area is 58.2 Å². The molecule has 0 bridgehead atoms. The molecule has 0 saturated carbocycles. The summed E-state index contributed by atoms with van der Waals surface area (Å²) in [6, 6.07) is 0. The number of nitrogens with zero attached hydrogens (tertiary/aromatic N) is 2. The summed E-state index contributed by atoms with van der Waals surface area (Å²) in [5.41, 5.74) is 1.32. The van der Waals surface area contributed by atoms with Gasteiger partial charge in [0, 0.05) is 0 Å². The Hall–Kier alpha value is -1.10. The highest BCUT2D eigenvalue weighted by molar-refractivity contribution is 6.41. The van der Waals surface area contributed by atoms with Crippen molar-refractivity contribution >= 4 is 11.4 Å². The maximum atomic E-state index is 4.52. The van der Waals surface area contributed by atoms with E-state index in [-0.39, 0.29) is 6.61 Å². The van der Waals surface area contributed by atoms with E-state index < -0.39 is 0 Å². The van der Waals surface area contributed by atoms with Crippen LogP contribution in [-0.2, 0) is 14.7 Å². The van der Waals surface area contributed by atoms with Gasteiger partial charge in [0.2, 0.25) is 0 Å². The highest BCUT2D eigenvalue weighted by Gasteiger charge is 2.11. The first-order valence-electron chi connectivity index (χ1n) is 2.78. The largest absolute Gasteiger partial charge is 0.399 e. The predicted octanol–water partition coefficient (Wildman–Crippen LogP) is 0.327. The molecule has 5 heteroatoms. The number of oxime groups is 2. The quantitative estimate of drug-likeness (QED) is 0.393. The Bertz CT molecular complexity index is 176. The van der Waals surface area contributed by atoms with Crippen LogP contribution in [0.3, 0.4) is 0 Å². The van der Waals surface area contributed by atoms with Gasteiger partial charge in [-0.3, -0.25) is 0 Å². The fourth-order valence-corrected chi connectivity index (χ4v) is 0.524. The summed E-state index contributed by atoms with van der Waals surface area (Å²) < 4.78 is 0. The van der Waals surface area contributed by atoms with E-state index in [1.807, 2.05) is 0 Å². The molecule has 1 aliphatic rings. The average Bonchev–Trinajstić information content (AvgIpc) is 1.94. The van der Waals surface area contributed by atoms with Crippen LogP contribution in [-0.4, -0.2) is 25.1 Å². The Morgan fingerprint density at radius 1 is 1.70 bits per heavy atom. The monoisotopic (exact) mass is 144 g/mol. The normalized spacial score (nSPS) is 21.8. The highest BCUT2D eigenvalue weighted by Crippen LogP contribution is 1.96. The maximum Gasteiger partial charge on any atom is 0.144 e. The highest BCUT2D eigenvalue weighted by atomic mass is 17.3. The second-order valence-electron chi connectivity index (χ2n) is 1.73. The van der Waals surface area contributed by atoms with Crippen LogP contribution in [0.5, 0.6) is 0 Å². The lowest BCUT2D eigenvalue weighted by atomic mass is 10.3. The molecule has 0 amide bonds. The van der Waals surface area contributed by atoms with Crippen LogP contribution < -0.4 is 0 Å². The lowest BCUT2D eigenvalue weighted by Gasteiger charge is -2.07. The molecule has 1 heterocycles. The summed E-state index contributed by atoms with van der Waals surface area (Å²) in [6.45, 7) is 2.05. The van der Waals surface area contributed by atoms with Gasteiger partial charge >= 0.3 is 0 Å². The third-order valence-electron chi connectivity index (χ3n) is 1.04. The minimum atomic E-state index is 0.281. The molecule has 56 valence electrons. The molecule has 0 fully saturated rings. The Morgan fingerprint density at radius 3 is 3.10 bits per heavy atom. The summed E-state index contributed by atoms with van der Waals surface area (Å²) >= 11 is 0. The van der Waals surface area contributed by atoms with E-state index in [0.717, 1.165) is 0 Å². The zero-order chi connectivity index (χ0) is 7.40. The van der Waals surface area contributed by atoms with E-state index in [4.69, 9.17) is 0 Å². The fourth-order valence-electron chi connectivity index (χ4n) is 0.524. The van der Waals surface area contributed by atoms with E-state index in [0.29, 0.717) is 11.4 Å². The van der Waals surface area contributed by atoms with Crippen LogP contribution in [0.4, 0.5) is 0 Å². The molecule has 0 aromatic rings. The van der Waals surface area contributed by atoms with Crippen molar-refractivity contribution in [2.45, 2.75) is 6.92 Å². The molecular formula is C5H8N2O3. The van der Waals surface area contributed by atoms with Crippen LogP contribution in [0.25, 0.3) is 0 Å². The van der Waals surface area contributed by atoms with Gasteiger partial charge in [0.25, 0.3) is 0 Å². The molecule has 0 radical (unpaired) electrons. The molecule has 0 N–H and O–H groups in total. The molecule has 0 aromatic heterocycles. The third kappa shape index (κ3) is 1.44. The summed E-state index contributed by atoms with van der Waals surface area (Å²) in [5, 5.41) is 7.16. The van der Waals surface area contributed by atoms with E-state index in [1.165, 1.54) is 7.11 Å². The summed E-state index contributed by atoms with van der Waals surface area (Å²) in [4.78, 5) is 13.3. The van der Waals surface area contributed by atoms with E-state index in [1.54, 1.807) is 6.92 Å². The predicted molar refractivity (Wildman–Crippen MR) is 34.6 cm³/mol. The van der Waals surface area contributed by atoms with Crippen LogP contribution in [0.2, 0.25) is 0 Å². The van der Waals surface area contributed by atoms with Gasteiger partial charge in [0.05, 0.1) is 0 Å². The molecule has 5 nitrogen and oxygen atoms in total. The SMILES string of the molecule is CON=C1COON=C1C. The first kappa shape index (κ1) is 7.01. The second-order valence-corrected chi connectivity index (χ2v) is 1.73. The minimum absolute atomic E-state index is 0.281. The molecule has 0 unspecified atom stereocenters. The first-order chi connectivity index (χ1) is 4.84. The molecule has 10 heavy (non-hydrogen) atoms. The van der Waals surface area contributed by atoms with Crippen molar-refractivity contribution in [3.63, 3.8) is 0 Å². The van der Waals surface area contributed by atoms with Gasteiger partial charge in [-0.25, -0.2) is 4.99 Å². The lowest BCUT2D eigenvalue weighted by molar-refractivity contribution is -0.287. The van der Waals surface area contributed by atoms with Gasteiger partial charge in [0.1, 0.15) is 25.1 Å². The standard InChI is InChI=1S/C5H8N2O3/c1-4-5(7-8-2)3-9-10-6-4/h3H2,1-2H3. The Balaban J connectivity index is 2.67. The van der Waals surface area contributed by atoms with Gasteiger partial charge in [0.15, 0.2) is 0 Å². The number of hydrogen-bond donors (Lipinski definition) is 0. The molecule has 0 saturated heterocycles. The van der Waals surface area contributed by atoms with Crippen molar-refractivity contribution in [2.75, 3.05) is 13.7 Å². The minimum Gasteiger partial charge on any atom is -0.399 e. The van der Waals surface area contributed by atoms with Crippen molar-refractivity contribution in [1.29, 1.82) is 0 Å². The number of rotatable bonds is 1. The van der Waals surface area contributed by atoms with Crippen LogP contribution >= 0.6 is 0 Å². The van der Waals surface area contributed by atoms with Gasteiger partial charge in [-0.2, -0.15) is 4.89 Å². The second kappa shape index (κ2) is 3.17. The average molecular weight is 144 g/mol. The van der Waals surface area contributed by atoms with Crippen LogP contribution in [0, 0.1) is 0 Å². The summed E-state index contributed by atoms with van der Waals surface area (Å²) in [5.74, 6) is 0. The van der Waals surface area contributed by atoms with Gasteiger partial charge < -0.3 is 4.84 Å². The van der Waals surface area contributed by atoms with Crippen molar-refractivity contribution in [3.8, 4) is 0 Å². The first-order valence-corrected chi connectivity index (χ1v) is 2.78. The molecule has 1 aliphatic heterocycles. The van der Waals surface area contributed by atoms with Crippen molar-refractivity contribution < 1.29 is 14.7 Å². The lowest BCUT2D eigenvalue weighted by Crippen LogP contribution is -2.22. The molecule has 0 aliphatic carbocycles. The fraction of sp³-hybridized carbons (Fsp3) is 0.600. The molecule has 1 rings (SSSR count). The maximum absolute atomic E-state index is 4.52. The summed E-state index contributed by atoms with van der Waals surface area (Å²) in [6.07, 6.45) is 0. The Morgan fingerprint density at radius 2 is 2.50 bits per heavy atom. The van der Waals surface area contributed by atoms with Crippen molar-refractivity contribution in [3.05, 3.63) is 0 Å². The van der Waals surface area contributed by atoms with Gasteiger partial charge in [-0.1, -0.05) is 5.16 Å². The smallest absolute Gasteiger partial charge is 0.144 e. The van der Waals surface area contributed by atoms with E-state index >= 15 is 0 Å². The van der Waals surface area contributed by atoms with Crippen LogP contribution in [0.15, 0.2) is 10.3 Å². The molecule has 0 aromatic carbocycles. The van der Waals surface area contributed by atoms with E-state index in [2.05, 4.69) is 25.0 Å². The van der Waals surface area contributed by atoms with Gasteiger partial charge in [-0.15, -0.1) is 0 Å². The zero-order valence-electron chi connectivity index (χ0n) is 5.83. The third-order valence-corrected chi connectivity index (χ3v) is 1.04. The van der Waals surface area contributed by atoms with E-state index in [9.17, 15) is 0 Å². The zero-order valence-corrected chi connectivity index (χ0v) is 5.83. The summed E-state index contributed by atoms with van der Waals surface area (Å²) in [7, 11) is 1.47. The van der Waals surface area contributed by atoms with Gasteiger partial charge in [-0.05, 0) is 12.1 Å². The molecule has 0 atom stereocenters. The molecular weight excluding hydrogens is 136 g/mol. The van der Waals surface area contributed by atoms with Crippen molar-refractivity contribution in [1.82, 2.24) is 0 Å². The van der Waals surface area contributed by atoms with Crippen LogP contribution in [0.1, 0.15) is 6.92 Å². The topological polar surface area (TPSA) is 52.4 Å². The van der Waals surface area contributed by atoms with Crippen molar-refractivity contribution in [2.24, 2.45) is 10.3 Å². The molecule has 0 spiro atoms. The number of hydrogen-bond acceptors (Lipinski definition) is 5. The Kier molecular flexibility index (Phi) is 2.22.